The Morgan fingerprint density at radius 2 is 2.12 bits per heavy atom. The van der Waals surface area contributed by atoms with Crippen LogP contribution in [0, 0.1) is 5.92 Å². The second kappa shape index (κ2) is 9.65. The number of allylic oxidation sites excluding steroid dienone is 3. The number of ether oxygens (including phenoxy) is 1. The second-order valence-corrected chi connectivity index (χ2v) is 8.74. The first-order chi connectivity index (χ1) is 16.7. The number of nitrogens with zero attached hydrogens (tertiary/aromatic N) is 3. The number of carbonyl (C=O) groups excluding carboxylic acids is 1. The zero-order chi connectivity index (χ0) is 23.5. The van der Waals surface area contributed by atoms with Crippen molar-refractivity contribution >= 4 is 23.2 Å². The van der Waals surface area contributed by atoms with Crippen molar-refractivity contribution in [3.8, 4) is 0 Å². The van der Waals surface area contributed by atoms with E-state index in [2.05, 4.69) is 16.0 Å². The first-order valence-corrected chi connectivity index (χ1v) is 11.7. The first kappa shape index (κ1) is 22.1. The number of fused-ring (bicyclic) bond motifs is 2. The molecule has 1 aliphatic carbocycles. The summed E-state index contributed by atoms with van der Waals surface area (Å²) in [6.07, 6.45) is 9.26. The van der Waals surface area contributed by atoms with Crippen LogP contribution in [-0.4, -0.2) is 34.2 Å². The molecule has 34 heavy (non-hydrogen) atoms. The van der Waals surface area contributed by atoms with Crippen LogP contribution in [0.1, 0.15) is 46.6 Å². The van der Waals surface area contributed by atoms with Crippen LogP contribution < -0.4 is 5.73 Å². The fourth-order valence-electron chi connectivity index (χ4n) is 4.86. The number of methoxy groups -OCH3 is 1. The van der Waals surface area contributed by atoms with Crippen LogP contribution in [0.25, 0.3) is 11.0 Å². The molecule has 1 atom stereocenters. The van der Waals surface area contributed by atoms with E-state index in [1.807, 2.05) is 54.8 Å². The number of H-pyrrole nitrogens is 1. The molecular weight excluding hydrogens is 426 g/mol. The number of rotatable bonds is 7. The largest absolute Gasteiger partial charge is 0.465 e. The highest BCUT2D eigenvalue weighted by Crippen LogP contribution is 2.36. The van der Waals surface area contributed by atoms with Crippen LogP contribution in [0.4, 0.5) is 0 Å². The summed E-state index contributed by atoms with van der Waals surface area (Å²) in [5, 5.41) is 0. The molecule has 0 fully saturated rings. The Kier molecular flexibility index (Phi) is 6.27. The van der Waals surface area contributed by atoms with E-state index in [0.29, 0.717) is 31.1 Å². The number of dihydropyridines is 1. The van der Waals surface area contributed by atoms with Gasteiger partial charge in [-0.15, -0.1) is 0 Å². The summed E-state index contributed by atoms with van der Waals surface area (Å²) in [4.78, 5) is 28.0. The molecule has 1 aliphatic heterocycles. The second-order valence-electron chi connectivity index (χ2n) is 8.74. The van der Waals surface area contributed by atoms with Crippen molar-refractivity contribution in [2.45, 2.75) is 38.9 Å². The molecule has 5 rings (SSSR count). The molecule has 0 saturated carbocycles. The predicted molar refractivity (Wildman–Crippen MR) is 133 cm³/mol. The molecule has 2 aliphatic rings. The van der Waals surface area contributed by atoms with Gasteiger partial charge in [-0.1, -0.05) is 30.3 Å². The topological polar surface area (TPSA) is 96.6 Å². The fraction of sp³-hybridized carbons (Fsp3) is 0.296. The van der Waals surface area contributed by atoms with Gasteiger partial charge >= 0.3 is 5.97 Å². The summed E-state index contributed by atoms with van der Waals surface area (Å²) >= 11 is 0. The van der Waals surface area contributed by atoms with Gasteiger partial charge < -0.3 is 20.4 Å². The van der Waals surface area contributed by atoms with E-state index in [1.165, 1.54) is 12.8 Å². The number of nitrogens with one attached hydrogen (secondary N) is 1. The fourth-order valence-corrected chi connectivity index (χ4v) is 4.86. The molecule has 0 radical (unpaired) electrons. The van der Waals surface area contributed by atoms with Crippen molar-refractivity contribution < 1.29 is 9.53 Å². The molecule has 1 aromatic heterocycles. The molecule has 0 spiro atoms. The Bertz CT molecular complexity index is 1270. The third-order valence-corrected chi connectivity index (χ3v) is 6.56. The average molecular weight is 456 g/mol. The van der Waals surface area contributed by atoms with Gasteiger partial charge in [-0.25, -0.2) is 9.78 Å². The van der Waals surface area contributed by atoms with Crippen LogP contribution in [0.5, 0.6) is 0 Å². The number of nitrogens with two attached hydrogens (primary N) is 1. The number of aromatic amines is 1. The number of benzene rings is 2. The van der Waals surface area contributed by atoms with Gasteiger partial charge in [0.15, 0.2) is 0 Å². The van der Waals surface area contributed by atoms with E-state index >= 15 is 0 Å². The molecule has 2 heterocycles. The van der Waals surface area contributed by atoms with Crippen molar-refractivity contribution in [2.24, 2.45) is 16.6 Å². The van der Waals surface area contributed by atoms with Crippen LogP contribution in [0.3, 0.4) is 0 Å². The zero-order valence-corrected chi connectivity index (χ0v) is 19.3. The monoisotopic (exact) mass is 455 g/mol. The number of hydrogen-bond donors (Lipinski definition) is 2. The molecule has 0 amide bonds. The smallest absolute Gasteiger partial charge is 0.338 e. The summed E-state index contributed by atoms with van der Waals surface area (Å²) in [5.74, 6) is 0.850. The van der Waals surface area contributed by atoms with Gasteiger partial charge in [0.1, 0.15) is 5.82 Å². The average Bonchev–Trinajstić information content (AvgIpc) is 3.30. The van der Waals surface area contributed by atoms with Crippen LogP contribution in [-0.2, 0) is 24.4 Å². The molecule has 0 saturated heterocycles. The van der Waals surface area contributed by atoms with Crippen molar-refractivity contribution in [2.75, 3.05) is 7.11 Å². The molecule has 2 aromatic carbocycles. The van der Waals surface area contributed by atoms with E-state index in [1.54, 1.807) is 0 Å². The summed E-state index contributed by atoms with van der Waals surface area (Å²) < 4.78 is 5.09. The van der Waals surface area contributed by atoms with E-state index in [-0.39, 0.29) is 5.97 Å². The van der Waals surface area contributed by atoms with Crippen molar-refractivity contribution in [3.05, 3.63) is 88.5 Å². The molecule has 0 bridgehead atoms. The van der Waals surface area contributed by atoms with Gasteiger partial charge in [0.05, 0.1) is 35.9 Å². The van der Waals surface area contributed by atoms with Crippen LogP contribution >= 0.6 is 0 Å². The van der Waals surface area contributed by atoms with Gasteiger partial charge in [-0.2, -0.15) is 0 Å². The molecule has 3 N–H and O–H groups in total. The van der Waals surface area contributed by atoms with Crippen molar-refractivity contribution in [3.63, 3.8) is 0 Å². The molecule has 1 unspecified atom stereocenters. The number of hydrogen-bond acceptors (Lipinski definition) is 6. The normalized spacial score (nSPS) is 17.2. The van der Waals surface area contributed by atoms with Gasteiger partial charge in [0.25, 0.3) is 0 Å². The third-order valence-electron chi connectivity index (χ3n) is 6.56. The van der Waals surface area contributed by atoms with E-state index in [9.17, 15) is 4.79 Å². The van der Waals surface area contributed by atoms with Crippen LogP contribution in [0.15, 0.2) is 71.0 Å². The Morgan fingerprint density at radius 3 is 2.94 bits per heavy atom. The van der Waals surface area contributed by atoms with Gasteiger partial charge in [0, 0.05) is 30.9 Å². The van der Waals surface area contributed by atoms with Gasteiger partial charge in [0.2, 0.25) is 0 Å². The maximum Gasteiger partial charge on any atom is 0.338 e. The lowest BCUT2D eigenvalue weighted by molar-refractivity contribution is 0.0598. The summed E-state index contributed by atoms with van der Waals surface area (Å²) in [6.45, 7) is 1.49. The molecular formula is C27H29N5O2. The van der Waals surface area contributed by atoms with E-state index < -0.39 is 0 Å². The van der Waals surface area contributed by atoms with Crippen molar-refractivity contribution in [1.29, 1.82) is 0 Å². The number of carbonyl (C=O) groups is 1. The quantitative estimate of drug-likeness (QED) is 0.513. The lowest BCUT2D eigenvalue weighted by atomic mass is 9.88. The Balaban J connectivity index is 1.56. The maximum atomic E-state index is 12.6. The minimum Gasteiger partial charge on any atom is -0.465 e. The number of aromatic nitrogens is 2. The number of esters is 1. The summed E-state index contributed by atoms with van der Waals surface area (Å²) in [6, 6.07) is 13.8. The minimum atomic E-state index is -0.355. The van der Waals surface area contributed by atoms with Crippen molar-refractivity contribution in [1.82, 2.24) is 14.9 Å². The zero-order valence-electron chi connectivity index (χ0n) is 19.3. The number of aliphatic imine (C=N–C) groups is 1. The Labute approximate surface area is 199 Å². The SMILES string of the molecule is COC(=O)c1cc(CN)ccc1CN(Cc1nc2ccccc2[nH]1)C1=C2N=CC=CC2CCC1. The lowest BCUT2D eigenvalue weighted by Crippen LogP contribution is -2.28. The van der Waals surface area contributed by atoms with E-state index in [0.717, 1.165) is 52.9 Å². The predicted octanol–water partition coefficient (Wildman–Crippen LogP) is 4.46. The molecule has 7 heteroatoms. The maximum absolute atomic E-state index is 12.6. The highest BCUT2D eigenvalue weighted by Gasteiger charge is 2.27. The van der Waals surface area contributed by atoms with Gasteiger partial charge in [-0.3, -0.25) is 4.99 Å². The highest BCUT2D eigenvalue weighted by molar-refractivity contribution is 5.91. The lowest BCUT2D eigenvalue weighted by Gasteiger charge is -2.34. The minimum absolute atomic E-state index is 0.326. The Morgan fingerprint density at radius 1 is 1.24 bits per heavy atom. The van der Waals surface area contributed by atoms with Gasteiger partial charge in [-0.05, 0) is 54.7 Å². The molecule has 7 nitrogen and oxygen atoms in total. The highest BCUT2D eigenvalue weighted by atomic mass is 16.5. The number of para-hydroxylation sites is 2. The molecule has 174 valence electrons. The van der Waals surface area contributed by atoms with Crippen LogP contribution in [0.2, 0.25) is 0 Å². The summed E-state index contributed by atoms with van der Waals surface area (Å²) in [5.41, 5.74) is 12.4. The van der Waals surface area contributed by atoms with E-state index in [4.69, 9.17) is 20.4 Å². The number of imidazole rings is 1. The summed E-state index contributed by atoms with van der Waals surface area (Å²) in [7, 11) is 1.41. The molecule has 3 aromatic rings. The first-order valence-electron chi connectivity index (χ1n) is 11.7. The Hall–Kier alpha value is -3.71. The third kappa shape index (κ3) is 4.39. The standard InChI is InChI=1S/C27H29N5O2/c1-34-27(33)21-14-18(15-28)11-12-20(21)16-32(17-25-30-22-8-2-3-9-23(22)31-25)24-10-4-6-19-7-5-13-29-26(19)24/h2-3,5,7-9,11-14,19H,4,6,10,15-17,28H2,1H3,(H,30,31).